The van der Waals surface area contributed by atoms with Crippen LogP contribution in [0.3, 0.4) is 0 Å². The van der Waals surface area contributed by atoms with Gasteiger partial charge in [-0.15, -0.1) is 0 Å². The zero-order chi connectivity index (χ0) is 15.6. The van der Waals surface area contributed by atoms with Crippen molar-refractivity contribution >= 4 is 11.6 Å². The highest BCUT2D eigenvalue weighted by atomic mass is 16.1. The van der Waals surface area contributed by atoms with Crippen molar-refractivity contribution in [3.8, 4) is 0 Å². The summed E-state index contributed by atoms with van der Waals surface area (Å²) in [5.74, 6) is 1.85. The molecule has 0 radical (unpaired) electrons. The maximum absolute atomic E-state index is 11.4. The molecule has 0 bridgehead atoms. The van der Waals surface area contributed by atoms with Crippen LogP contribution in [0, 0.1) is 0 Å². The molecular formula is C16H20N6O. The van der Waals surface area contributed by atoms with Gasteiger partial charge in [-0.05, 0) is 25.7 Å². The summed E-state index contributed by atoms with van der Waals surface area (Å²) in [4.78, 5) is 31.7. The third-order valence-electron chi connectivity index (χ3n) is 4.67. The van der Waals surface area contributed by atoms with Gasteiger partial charge < -0.3 is 14.8 Å². The van der Waals surface area contributed by atoms with Crippen molar-refractivity contribution in [2.24, 2.45) is 0 Å². The lowest BCUT2D eigenvalue weighted by Crippen LogP contribution is -2.47. The Balaban J connectivity index is 1.51. The molecule has 2 aromatic rings. The molecule has 1 aliphatic carbocycles. The lowest BCUT2D eigenvalue weighted by atomic mass is 9.96. The van der Waals surface area contributed by atoms with Crippen LogP contribution in [0.1, 0.15) is 24.1 Å². The van der Waals surface area contributed by atoms with E-state index in [0.29, 0.717) is 0 Å². The van der Waals surface area contributed by atoms with E-state index in [1.165, 1.54) is 30.4 Å². The smallest absolute Gasteiger partial charge is 0.252 e. The second-order valence-corrected chi connectivity index (χ2v) is 6.07. The van der Waals surface area contributed by atoms with E-state index in [1.807, 2.05) is 0 Å². The molecule has 0 atom stereocenters. The Labute approximate surface area is 134 Å². The van der Waals surface area contributed by atoms with Crippen molar-refractivity contribution in [2.45, 2.75) is 25.7 Å². The number of hydrogen-bond acceptors (Lipinski definition) is 6. The van der Waals surface area contributed by atoms with Crippen LogP contribution < -0.4 is 15.4 Å². The molecule has 0 saturated carbocycles. The van der Waals surface area contributed by atoms with Crippen LogP contribution in [0.15, 0.2) is 23.5 Å². The third-order valence-corrected chi connectivity index (χ3v) is 4.67. The van der Waals surface area contributed by atoms with Crippen molar-refractivity contribution in [1.29, 1.82) is 0 Å². The molecule has 2 aromatic heterocycles. The van der Waals surface area contributed by atoms with Gasteiger partial charge in [-0.3, -0.25) is 4.79 Å². The van der Waals surface area contributed by atoms with Gasteiger partial charge in [0.25, 0.3) is 5.56 Å². The predicted octanol–water partition coefficient (Wildman–Crippen LogP) is 0.765. The maximum Gasteiger partial charge on any atom is 0.252 e. The van der Waals surface area contributed by atoms with Crippen LogP contribution in [0.2, 0.25) is 0 Å². The molecule has 0 spiro atoms. The lowest BCUT2D eigenvalue weighted by molar-refractivity contribution is 0.619. The van der Waals surface area contributed by atoms with Crippen LogP contribution in [0.4, 0.5) is 11.6 Å². The first kappa shape index (κ1) is 14.2. The Kier molecular flexibility index (Phi) is 3.69. The fourth-order valence-corrected chi connectivity index (χ4v) is 3.45. The molecule has 1 fully saturated rings. The fourth-order valence-electron chi connectivity index (χ4n) is 3.45. The Hall–Kier alpha value is -2.44. The minimum atomic E-state index is -0.109. The topological polar surface area (TPSA) is 78.0 Å². The van der Waals surface area contributed by atoms with E-state index in [0.717, 1.165) is 50.7 Å². The molecule has 3 heterocycles. The van der Waals surface area contributed by atoms with Gasteiger partial charge in [0.05, 0.1) is 6.33 Å². The average molecular weight is 312 g/mol. The lowest BCUT2D eigenvalue weighted by Gasteiger charge is -2.37. The van der Waals surface area contributed by atoms with E-state index in [2.05, 4.69) is 29.7 Å². The van der Waals surface area contributed by atoms with Crippen LogP contribution >= 0.6 is 0 Å². The van der Waals surface area contributed by atoms with E-state index in [9.17, 15) is 4.79 Å². The largest absolute Gasteiger partial charge is 0.353 e. The zero-order valence-electron chi connectivity index (χ0n) is 13.0. The van der Waals surface area contributed by atoms with Gasteiger partial charge in [0.2, 0.25) is 0 Å². The van der Waals surface area contributed by atoms with Gasteiger partial charge in [-0.1, -0.05) is 0 Å². The molecule has 4 rings (SSSR count). The maximum atomic E-state index is 11.4. The molecule has 120 valence electrons. The van der Waals surface area contributed by atoms with Crippen molar-refractivity contribution in [1.82, 2.24) is 19.9 Å². The standard InChI is InChI=1S/C16H20N6O/c23-15-9-14(18-11-19-15)21-5-7-22(8-6-21)16-12-3-1-2-4-13(12)17-10-20-16/h9-11H,1-8H2,(H,18,19,23). The molecule has 0 amide bonds. The number of aryl methyl sites for hydroxylation is 1. The first-order chi connectivity index (χ1) is 11.3. The number of hydrogen-bond donors (Lipinski definition) is 1. The number of rotatable bonds is 2. The average Bonchev–Trinajstić information content (AvgIpc) is 2.61. The Morgan fingerprint density at radius 3 is 2.57 bits per heavy atom. The van der Waals surface area contributed by atoms with Gasteiger partial charge in [-0.25, -0.2) is 15.0 Å². The Morgan fingerprint density at radius 1 is 0.957 bits per heavy atom. The Bertz CT molecular complexity index is 750. The van der Waals surface area contributed by atoms with Gasteiger partial charge in [0.15, 0.2) is 0 Å². The molecule has 0 unspecified atom stereocenters. The summed E-state index contributed by atoms with van der Waals surface area (Å²) in [6, 6.07) is 1.56. The normalized spacial score (nSPS) is 17.9. The van der Waals surface area contributed by atoms with Crippen molar-refractivity contribution in [3.63, 3.8) is 0 Å². The summed E-state index contributed by atoms with van der Waals surface area (Å²) < 4.78 is 0. The summed E-state index contributed by atoms with van der Waals surface area (Å²) in [6.07, 6.45) is 7.77. The van der Waals surface area contributed by atoms with Crippen LogP contribution in [0.5, 0.6) is 0 Å². The number of fused-ring (bicyclic) bond motifs is 1. The molecule has 1 aliphatic heterocycles. The second-order valence-electron chi connectivity index (χ2n) is 6.07. The number of piperazine rings is 1. The van der Waals surface area contributed by atoms with E-state index in [4.69, 9.17) is 0 Å². The van der Waals surface area contributed by atoms with Gasteiger partial charge in [0, 0.05) is 43.5 Å². The minimum absolute atomic E-state index is 0.109. The zero-order valence-corrected chi connectivity index (χ0v) is 13.0. The number of H-pyrrole nitrogens is 1. The van der Waals surface area contributed by atoms with Crippen molar-refractivity contribution in [3.05, 3.63) is 40.3 Å². The first-order valence-corrected chi connectivity index (χ1v) is 8.18. The summed E-state index contributed by atoms with van der Waals surface area (Å²) in [5.41, 5.74) is 2.45. The molecule has 1 N–H and O–H groups in total. The van der Waals surface area contributed by atoms with Crippen LogP contribution in [-0.4, -0.2) is 46.1 Å². The highest BCUT2D eigenvalue weighted by Gasteiger charge is 2.24. The van der Waals surface area contributed by atoms with E-state index < -0.39 is 0 Å². The molecular weight excluding hydrogens is 292 g/mol. The number of nitrogens with one attached hydrogen (secondary N) is 1. The number of anilines is 2. The summed E-state index contributed by atoms with van der Waals surface area (Å²) in [6.45, 7) is 3.46. The molecule has 0 aromatic carbocycles. The van der Waals surface area contributed by atoms with E-state index in [1.54, 1.807) is 12.4 Å². The van der Waals surface area contributed by atoms with E-state index in [-0.39, 0.29) is 5.56 Å². The Morgan fingerprint density at radius 2 is 1.74 bits per heavy atom. The first-order valence-electron chi connectivity index (χ1n) is 8.18. The fraction of sp³-hybridized carbons (Fsp3) is 0.500. The van der Waals surface area contributed by atoms with Crippen LogP contribution in [-0.2, 0) is 12.8 Å². The molecule has 1 saturated heterocycles. The summed E-state index contributed by atoms with van der Waals surface area (Å²) >= 11 is 0. The molecule has 2 aliphatic rings. The van der Waals surface area contributed by atoms with Crippen LogP contribution in [0.25, 0.3) is 0 Å². The SMILES string of the molecule is O=c1cc(N2CCN(c3ncnc4c3CCCC4)CC2)nc[nH]1. The van der Waals surface area contributed by atoms with Gasteiger partial charge >= 0.3 is 0 Å². The molecule has 7 heteroatoms. The summed E-state index contributed by atoms with van der Waals surface area (Å²) in [5, 5.41) is 0. The number of aromatic amines is 1. The molecule has 23 heavy (non-hydrogen) atoms. The monoisotopic (exact) mass is 312 g/mol. The number of nitrogens with zero attached hydrogens (tertiary/aromatic N) is 5. The molecule has 7 nitrogen and oxygen atoms in total. The highest BCUT2D eigenvalue weighted by Crippen LogP contribution is 2.28. The van der Waals surface area contributed by atoms with Crippen molar-refractivity contribution < 1.29 is 0 Å². The van der Waals surface area contributed by atoms with Crippen molar-refractivity contribution in [2.75, 3.05) is 36.0 Å². The minimum Gasteiger partial charge on any atom is -0.353 e. The third kappa shape index (κ3) is 2.78. The van der Waals surface area contributed by atoms with Gasteiger partial charge in [0.1, 0.15) is 18.0 Å². The van der Waals surface area contributed by atoms with Gasteiger partial charge in [-0.2, -0.15) is 0 Å². The van der Waals surface area contributed by atoms with E-state index >= 15 is 0 Å². The quantitative estimate of drug-likeness (QED) is 0.882. The second kappa shape index (κ2) is 5.98. The highest BCUT2D eigenvalue weighted by molar-refractivity contribution is 5.51. The number of aromatic nitrogens is 4. The predicted molar refractivity (Wildman–Crippen MR) is 88.0 cm³/mol. The summed E-state index contributed by atoms with van der Waals surface area (Å²) in [7, 11) is 0.